The summed E-state index contributed by atoms with van der Waals surface area (Å²) in [5, 5.41) is 2.89. The van der Waals surface area contributed by atoms with Gasteiger partial charge in [0.25, 0.3) is 0 Å². The molecule has 1 fully saturated rings. The van der Waals surface area contributed by atoms with Gasteiger partial charge in [-0.25, -0.2) is 8.42 Å². The number of carbonyl (C=O) groups is 1. The highest BCUT2D eigenvalue weighted by Gasteiger charge is 2.45. The standard InChI is InChI=1S/C14H20N2O3S/c1-3-15-13(17)14(9-4-10-14)11-5-7-12(8-6-11)16-20(2,18)19/h5-8,16H,3-4,9-10H2,1-2H3,(H,15,17). The Labute approximate surface area is 119 Å². The maximum absolute atomic E-state index is 12.2. The summed E-state index contributed by atoms with van der Waals surface area (Å²) in [5.74, 6) is 0.0649. The molecule has 20 heavy (non-hydrogen) atoms. The van der Waals surface area contributed by atoms with Gasteiger partial charge < -0.3 is 5.32 Å². The van der Waals surface area contributed by atoms with E-state index in [-0.39, 0.29) is 5.91 Å². The fraction of sp³-hybridized carbons (Fsp3) is 0.500. The van der Waals surface area contributed by atoms with E-state index in [0.29, 0.717) is 12.2 Å². The van der Waals surface area contributed by atoms with Crippen LogP contribution in [0.5, 0.6) is 0 Å². The van der Waals surface area contributed by atoms with E-state index in [1.54, 1.807) is 12.1 Å². The SMILES string of the molecule is CCNC(=O)C1(c2ccc(NS(C)(=O)=O)cc2)CCC1. The average Bonchev–Trinajstić information content (AvgIpc) is 2.28. The fourth-order valence-electron chi connectivity index (χ4n) is 2.58. The van der Waals surface area contributed by atoms with Crippen molar-refractivity contribution >= 4 is 21.6 Å². The molecule has 1 amide bonds. The second-order valence-corrected chi connectivity index (χ2v) is 7.00. The Morgan fingerprint density at radius 1 is 1.25 bits per heavy atom. The molecule has 0 aromatic heterocycles. The summed E-state index contributed by atoms with van der Waals surface area (Å²) in [6.07, 6.45) is 3.85. The normalized spacial score (nSPS) is 17.1. The van der Waals surface area contributed by atoms with Crippen LogP contribution in [-0.2, 0) is 20.2 Å². The van der Waals surface area contributed by atoms with Crippen LogP contribution >= 0.6 is 0 Å². The number of rotatable bonds is 5. The summed E-state index contributed by atoms with van der Waals surface area (Å²) in [7, 11) is -3.27. The monoisotopic (exact) mass is 296 g/mol. The lowest BCUT2D eigenvalue weighted by atomic mass is 9.64. The van der Waals surface area contributed by atoms with Crippen molar-refractivity contribution in [3.8, 4) is 0 Å². The molecular weight excluding hydrogens is 276 g/mol. The number of nitrogens with one attached hydrogen (secondary N) is 2. The van der Waals surface area contributed by atoms with Crippen LogP contribution in [0.2, 0.25) is 0 Å². The number of carbonyl (C=O) groups excluding carboxylic acids is 1. The quantitative estimate of drug-likeness (QED) is 0.867. The Bertz CT molecular complexity index is 589. The van der Waals surface area contributed by atoms with Gasteiger partial charge in [0.2, 0.25) is 15.9 Å². The summed E-state index contributed by atoms with van der Waals surface area (Å²) in [6.45, 7) is 2.53. The molecule has 6 heteroatoms. The molecule has 0 aliphatic heterocycles. The molecule has 5 nitrogen and oxygen atoms in total. The van der Waals surface area contributed by atoms with Gasteiger partial charge in [-0.15, -0.1) is 0 Å². The molecule has 0 saturated heterocycles. The third kappa shape index (κ3) is 2.95. The van der Waals surface area contributed by atoms with Crippen LogP contribution in [0.3, 0.4) is 0 Å². The van der Waals surface area contributed by atoms with Crippen LogP contribution in [0, 0.1) is 0 Å². The topological polar surface area (TPSA) is 75.3 Å². The molecule has 1 saturated carbocycles. The molecule has 1 aromatic rings. The van der Waals surface area contributed by atoms with Crippen LogP contribution in [0.25, 0.3) is 0 Å². The number of anilines is 1. The Morgan fingerprint density at radius 2 is 1.85 bits per heavy atom. The first kappa shape index (κ1) is 14.8. The highest BCUT2D eigenvalue weighted by Crippen LogP contribution is 2.44. The molecule has 0 bridgehead atoms. The van der Waals surface area contributed by atoms with Crippen molar-refractivity contribution in [3.63, 3.8) is 0 Å². The van der Waals surface area contributed by atoms with E-state index in [9.17, 15) is 13.2 Å². The molecule has 0 radical (unpaired) electrons. The van der Waals surface area contributed by atoms with Gasteiger partial charge in [-0.05, 0) is 37.5 Å². The molecule has 2 rings (SSSR count). The Balaban J connectivity index is 2.22. The molecule has 1 aromatic carbocycles. The van der Waals surface area contributed by atoms with Gasteiger partial charge in [0.15, 0.2) is 0 Å². The van der Waals surface area contributed by atoms with Crippen molar-refractivity contribution in [2.24, 2.45) is 0 Å². The largest absolute Gasteiger partial charge is 0.356 e. The first-order valence-corrected chi connectivity index (χ1v) is 8.63. The van der Waals surface area contributed by atoms with Gasteiger partial charge >= 0.3 is 0 Å². The number of amides is 1. The summed E-state index contributed by atoms with van der Waals surface area (Å²) in [5.41, 5.74) is 1.04. The maximum atomic E-state index is 12.2. The minimum atomic E-state index is -3.27. The van der Waals surface area contributed by atoms with E-state index in [0.717, 1.165) is 31.1 Å². The highest BCUT2D eigenvalue weighted by atomic mass is 32.2. The Kier molecular flexibility index (Phi) is 4.04. The molecule has 0 unspecified atom stereocenters. The van der Waals surface area contributed by atoms with Gasteiger partial charge in [-0.2, -0.15) is 0 Å². The number of hydrogen-bond acceptors (Lipinski definition) is 3. The summed E-state index contributed by atoms with van der Waals surface area (Å²) < 4.78 is 24.8. The van der Waals surface area contributed by atoms with Gasteiger partial charge in [0.1, 0.15) is 0 Å². The van der Waals surface area contributed by atoms with Crippen molar-refractivity contribution < 1.29 is 13.2 Å². The second-order valence-electron chi connectivity index (χ2n) is 5.25. The predicted molar refractivity (Wildman–Crippen MR) is 79.1 cm³/mol. The van der Waals surface area contributed by atoms with Crippen molar-refractivity contribution in [1.29, 1.82) is 0 Å². The van der Waals surface area contributed by atoms with E-state index >= 15 is 0 Å². The van der Waals surface area contributed by atoms with Crippen molar-refractivity contribution in [3.05, 3.63) is 29.8 Å². The second kappa shape index (κ2) is 5.44. The van der Waals surface area contributed by atoms with Crippen LogP contribution < -0.4 is 10.0 Å². The lowest BCUT2D eigenvalue weighted by Crippen LogP contribution is -2.49. The van der Waals surface area contributed by atoms with E-state index < -0.39 is 15.4 Å². The molecule has 1 aliphatic carbocycles. The molecule has 0 heterocycles. The minimum Gasteiger partial charge on any atom is -0.356 e. The Morgan fingerprint density at radius 3 is 2.25 bits per heavy atom. The highest BCUT2D eigenvalue weighted by molar-refractivity contribution is 7.92. The van der Waals surface area contributed by atoms with Gasteiger partial charge in [-0.3, -0.25) is 9.52 Å². The van der Waals surface area contributed by atoms with Crippen molar-refractivity contribution in [2.75, 3.05) is 17.5 Å². The zero-order chi connectivity index (χ0) is 14.8. The molecule has 0 spiro atoms. The molecule has 0 atom stereocenters. The predicted octanol–water partition coefficient (Wildman–Crippen LogP) is 1.62. The van der Waals surface area contributed by atoms with Gasteiger partial charge in [0.05, 0.1) is 11.7 Å². The van der Waals surface area contributed by atoms with E-state index in [2.05, 4.69) is 10.0 Å². The van der Waals surface area contributed by atoms with Crippen LogP contribution in [0.15, 0.2) is 24.3 Å². The summed E-state index contributed by atoms with van der Waals surface area (Å²) >= 11 is 0. The zero-order valence-electron chi connectivity index (χ0n) is 11.8. The fourth-order valence-corrected chi connectivity index (χ4v) is 3.14. The Hall–Kier alpha value is -1.56. The van der Waals surface area contributed by atoms with Crippen molar-refractivity contribution in [1.82, 2.24) is 5.32 Å². The lowest BCUT2D eigenvalue weighted by molar-refractivity contribution is -0.129. The average molecular weight is 296 g/mol. The number of benzene rings is 1. The summed E-state index contributed by atoms with van der Waals surface area (Å²) in [4.78, 5) is 12.2. The first-order chi connectivity index (χ1) is 9.37. The van der Waals surface area contributed by atoms with Crippen molar-refractivity contribution in [2.45, 2.75) is 31.6 Å². The lowest BCUT2D eigenvalue weighted by Gasteiger charge is -2.40. The number of likely N-dealkylation sites (N-methyl/N-ethyl adjacent to an activating group) is 1. The van der Waals surface area contributed by atoms with Crippen LogP contribution in [0.1, 0.15) is 31.7 Å². The number of hydrogen-bond donors (Lipinski definition) is 2. The number of sulfonamides is 1. The van der Waals surface area contributed by atoms with Gasteiger partial charge in [0, 0.05) is 12.2 Å². The third-order valence-electron chi connectivity index (χ3n) is 3.72. The smallest absolute Gasteiger partial charge is 0.230 e. The first-order valence-electron chi connectivity index (χ1n) is 6.74. The van der Waals surface area contributed by atoms with Gasteiger partial charge in [-0.1, -0.05) is 18.6 Å². The molecular formula is C14H20N2O3S. The van der Waals surface area contributed by atoms with Crippen LogP contribution in [0.4, 0.5) is 5.69 Å². The van der Waals surface area contributed by atoms with Crippen LogP contribution in [-0.4, -0.2) is 27.1 Å². The molecule has 2 N–H and O–H groups in total. The molecule has 1 aliphatic rings. The maximum Gasteiger partial charge on any atom is 0.230 e. The minimum absolute atomic E-state index is 0.0649. The van der Waals surface area contributed by atoms with E-state index in [1.165, 1.54) is 0 Å². The van der Waals surface area contributed by atoms with E-state index in [1.807, 2.05) is 19.1 Å². The molecule has 110 valence electrons. The zero-order valence-corrected chi connectivity index (χ0v) is 12.6. The van der Waals surface area contributed by atoms with E-state index in [4.69, 9.17) is 0 Å². The summed E-state index contributed by atoms with van der Waals surface area (Å²) in [6, 6.07) is 7.08. The third-order valence-corrected chi connectivity index (χ3v) is 4.33.